The Morgan fingerprint density at radius 2 is 2.06 bits per heavy atom. The molecule has 1 aliphatic rings. The number of hydrogen-bond donors (Lipinski definition) is 1. The fourth-order valence-electron chi connectivity index (χ4n) is 2.27. The smallest absolute Gasteiger partial charge is 0.248 e. The molecule has 1 fully saturated rings. The lowest BCUT2D eigenvalue weighted by Crippen LogP contribution is -2.58. The first kappa shape index (κ1) is 13.5. The average molecular weight is 273 g/mol. The van der Waals surface area contributed by atoms with E-state index >= 15 is 0 Å². The summed E-state index contributed by atoms with van der Waals surface area (Å²) in [5.74, 6) is 0.351. The largest absolute Gasteiger partial charge is 0.360 e. The van der Waals surface area contributed by atoms with Crippen LogP contribution in [-0.4, -0.2) is 43.1 Å². The maximum Gasteiger partial charge on any atom is 0.248 e. The zero-order valence-electron chi connectivity index (χ0n) is 11.1. The molecule has 1 saturated heterocycles. The van der Waals surface area contributed by atoms with Gasteiger partial charge in [-0.15, -0.1) is 0 Å². The van der Waals surface area contributed by atoms with Gasteiger partial charge >= 0.3 is 0 Å². The van der Waals surface area contributed by atoms with Gasteiger partial charge in [-0.2, -0.15) is 4.31 Å². The molecule has 0 unspecified atom stereocenters. The van der Waals surface area contributed by atoms with Crippen LogP contribution in [0.25, 0.3) is 0 Å². The predicted molar refractivity (Wildman–Crippen MR) is 66.8 cm³/mol. The van der Waals surface area contributed by atoms with Gasteiger partial charge in [0.15, 0.2) is 5.76 Å². The highest BCUT2D eigenvalue weighted by Crippen LogP contribution is 2.25. The van der Waals surface area contributed by atoms with Gasteiger partial charge in [0.2, 0.25) is 10.0 Å². The fourth-order valence-corrected chi connectivity index (χ4v) is 4.17. The summed E-state index contributed by atoms with van der Waals surface area (Å²) in [6.07, 6.45) is 0. The van der Waals surface area contributed by atoms with E-state index in [1.165, 1.54) is 4.31 Å². The van der Waals surface area contributed by atoms with Crippen LogP contribution in [0, 0.1) is 13.8 Å². The van der Waals surface area contributed by atoms with Gasteiger partial charge in [-0.25, -0.2) is 8.42 Å². The van der Waals surface area contributed by atoms with Gasteiger partial charge in [0, 0.05) is 25.2 Å². The fraction of sp³-hybridized carbons (Fsp3) is 0.727. The Balaban J connectivity index is 2.38. The summed E-state index contributed by atoms with van der Waals surface area (Å²) in [5.41, 5.74) is 0.202. The molecule has 1 N–H and O–H groups in total. The molecule has 1 aliphatic heterocycles. The summed E-state index contributed by atoms with van der Waals surface area (Å²) in [7, 11) is -3.51. The molecule has 0 saturated carbocycles. The molecular formula is C11H19N3O3S. The van der Waals surface area contributed by atoms with Gasteiger partial charge in [0.25, 0.3) is 0 Å². The highest BCUT2D eigenvalue weighted by Gasteiger charge is 2.36. The topological polar surface area (TPSA) is 75.4 Å². The second kappa shape index (κ2) is 4.32. The van der Waals surface area contributed by atoms with Crippen molar-refractivity contribution in [1.29, 1.82) is 0 Å². The average Bonchev–Trinajstić information content (AvgIpc) is 2.57. The van der Waals surface area contributed by atoms with Crippen molar-refractivity contribution >= 4 is 10.0 Å². The van der Waals surface area contributed by atoms with Gasteiger partial charge < -0.3 is 9.84 Å². The molecule has 18 heavy (non-hydrogen) atoms. The maximum atomic E-state index is 12.6. The van der Waals surface area contributed by atoms with Gasteiger partial charge in [-0.05, 0) is 27.7 Å². The van der Waals surface area contributed by atoms with E-state index in [9.17, 15) is 8.42 Å². The number of sulfonamides is 1. The summed E-state index contributed by atoms with van der Waals surface area (Å²) in [5, 5.41) is 7.01. The number of rotatable bonds is 2. The van der Waals surface area contributed by atoms with Crippen LogP contribution in [0.4, 0.5) is 0 Å². The predicted octanol–water partition coefficient (Wildman–Crippen LogP) is 0.664. The first-order valence-corrected chi connectivity index (χ1v) is 7.36. The Morgan fingerprint density at radius 3 is 2.56 bits per heavy atom. The van der Waals surface area contributed by atoms with Crippen LogP contribution in [0.3, 0.4) is 0 Å². The van der Waals surface area contributed by atoms with Crippen LogP contribution in [0.2, 0.25) is 0 Å². The molecule has 0 atom stereocenters. The van der Waals surface area contributed by atoms with Crippen molar-refractivity contribution < 1.29 is 12.9 Å². The van der Waals surface area contributed by atoms with Crippen LogP contribution in [0.1, 0.15) is 25.3 Å². The lowest BCUT2D eigenvalue weighted by atomic mass is 10.0. The number of nitrogens with one attached hydrogen (secondary N) is 1. The van der Waals surface area contributed by atoms with Crippen LogP contribution in [-0.2, 0) is 10.0 Å². The monoisotopic (exact) mass is 273 g/mol. The second-order valence-corrected chi connectivity index (χ2v) is 7.18. The third-order valence-electron chi connectivity index (χ3n) is 3.10. The van der Waals surface area contributed by atoms with E-state index in [-0.39, 0.29) is 10.4 Å². The molecular weight excluding hydrogens is 254 g/mol. The molecule has 6 nitrogen and oxygen atoms in total. The quantitative estimate of drug-likeness (QED) is 0.857. The minimum Gasteiger partial charge on any atom is -0.360 e. The van der Waals surface area contributed by atoms with Crippen LogP contribution in [0.5, 0.6) is 0 Å². The van der Waals surface area contributed by atoms with E-state index in [1.807, 2.05) is 13.8 Å². The first-order valence-electron chi connectivity index (χ1n) is 5.92. The van der Waals surface area contributed by atoms with Crippen molar-refractivity contribution in [2.75, 3.05) is 19.6 Å². The number of aromatic nitrogens is 1. The van der Waals surface area contributed by atoms with E-state index < -0.39 is 10.0 Å². The molecule has 1 aromatic heterocycles. The Hall–Kier alpha value is -0.920. The Bertz CT molecular complexity index is 528. The van der Waals surface area contributed by atoms with Crippen LogP contribution in [0.15, 0.2) is 9.42 Å². The summed E-state index contributed by atoms with van der Waals surface area (Å²) in [6, 6.07) is 0. The number of hydrogen-bond acceptors (Lipinski definition) is 5. The third-order valence-corrected chi connectivity index (χ3v) is 5.19. The van der Waals surface area contributed by atoms with Gasteiger partial charge in [0.1, 0.15) is 10.6 Å². The Kier molecular flexibility index (Phi) is 3.25. The zero-order chi connectivity index (χ0) is 13.6. The summed E-state index contributed by atoms with van der Waals surface area (Å²) in [6.45, 7) is 8.81. The lowest BCUT2D eigenvalue weighted by Gasteiger charge is -2.38. The SMILES string of the molecule is Cc1noc(C)c1S(=O)(=O)N1CCNC(C)(C)C1. The highest BCUT2D eigenvalue weighted by molar-refractivity contribution is 7.89. The van der Waals surface area contributed by atoms with Crippen molar-refractivity contribution in [2.24, 2.45) is 0 Å². The highest BCUT2D eigenvalue weighted by atomic mass is 32.2. The molecule has 102 valence electrons. The van der Waals surface area contributed by atoms with Crippen molar-refractivity contribution in [1.82, 2.24) is 14.8 Å². The van der Waals surface area contributed by atoms with Crippen molar-refractivity contribution in [2.45, 2.75) is 38.1 Å². The molecule has 0 amide bonds. The standard InChI is InChI=1S/C11H19N3O3S/c1-8-10(9(2)17-13-8)18(15,16)14-6-5-12-11(3,4)7-14/h12H,5-7H2,1-4H3. The minimum absolute atomic E-state index is 0.209. The van der Waals surface area contributed by atoms with E-state index in [0.29, 0.717) is 31.1 Å². The van der Waals surface area contributed by atoms with Gasteiger partial charge in [-0.1, -0.05) is 5.16 Å². The number of aryl methyl sites for hydroxylation is 2. The van der Waals surface area contributed by atoms with Gasteiger partial charge in [0.05, 0.1) is 0 Å². The van der Waals surface area contributed by atoms with Crippen LogP contribution >= 0.6 is 0 Å². The third kappa shape index (κ3) is 2.30. The van der Waals surface area contributed by atoms with Crippen molar-refractivity contribution in [3.63, 3.8) is 0 Å². The van der Waals surface area contributed by atoms with Crippen LogP contribution < -0.4 is 5.32 Å². The molecule has 1 aromatic rings. The van der Waals surface area contributed by atoms with E-state index in [1.54, 1.807) is 13.8 Å². The molecule has 2 rings (SSSR count). The first-order chi connectivity index (χ1) is 8.24. The molecule has 2 heterocycles. The Morgan fingerprint density at radius 1 is 1.39 bits per heavy atom. The van der Waals surface area contributed by atoms with E-state index in [0.717, 1.165) is 0 Å². The van der Waals surface area contributed by atoms with Gasteiger partial charge in [-0.3, -0.25) is 0 Å². The molecule has 0 spiro atoms. The minimum atomic E-state index is -3.51. The summed E-state index contributed by atoms with van der Waals surface area (Å²) >= 11 is 0. The lowest BCUT2D eigenvalue weighted by molar-refractivity contribution is 0.233. The number of nitrogens with zero attached hydrogens (tertiary/aromatic N) is 2. The zero-order valence-corrected chi connectivity index (χ0v) is 12.0. The summed E-state index contributed by atoms with van der Waals surface area (Å²) in [4.78, 5) is 0.209. The maximum absolute atomic E-state index is 12.6. The van der Waals surface area contributed by atoms with E-state index in [2.05, 4.69) is 10.5 Å². The van der Waals surface area contributed by atoms with Crippen molar-refractivity contribution in [3.8, 4) is 0 Å². The molecule has 7 heteroatoms. The van der Waals surface area contributed by atoms with Crippen molar-refractivity contribution in [3.05, 3.63) is 11.5 Å². The number of piperazine rings is 1. The molecule has 0 aliphatic carbocycles. The van der Waals surface area contributed by atoms with E-state index in [4.69, 9.17) is 4.52 Å². The normalized spacial score (nSPS) is 21.1. The molecule has 0 radical (unpaired) electrons. The Labute approximate surface area is 107 Å². The second-order valence-electron chi connectivity index (χ2n) is 5.30. The molecule has 0 bridgehead atoms. The molecule has 0 aromatic carbocycles. The summed E-state index contributed by atoms with van der Waals surface area (Å²) < 4.78 is 31.6.